The van der Waals surface area contributed by atoms with E-state index in [9.17, 15) is 0 Å². The van der Waals surface area contributed by atoms with Crippen molar-refractivity contribution in [2.75, 3.05) is 0 Å². The summed E-state index contributed by atoms with van der Waals surface area (Å²) in [5.74, 6) is 0.376. The highest BCUT2D eigenvalue weighted by Gasteiger charge is 2.11. The van der Waals surface area contributed by atoms with E-state index in [0.29, 0.717) is 17.9 Å². The third-order valence-electron chi connectivity index (χ3n) is 3.27. The zero-order valence-electron chi connectivity index (χ0n) is 11.5. The molecule has 0 aliphatic carbocycles. The number of benzene rings is 2. The van der Waals surface area contributed by atoms with Gasteiger partial charge in [0.25, 0.3) is 0 Å². The zero-order valence-corrected chi connectivity index (χ0v) is 11.5. The van der Waals surface area contributed by atoms with Crippen LogP contribution in [-0.2, 0) is 6.54 Å². The first kappa shape index (κ1) is 14.1. The van der Waals surface area contributed by atoms with Crippen molar-refractivity contribution in [2.45, 2.75) is 6.54 Å². The minimum atomic E-state index is -1.83. The molecule has 2 N–H and O–H groups in total. The molecule has 0 spiro atoms. The van der Waals surface area contributed by atoms with E-state index in [1.165, 1.54) is 0 Å². The van der Waals surface area contributed by atoms with Crippen LogP contribution >= 0.6 is 0 Å². The van der Waals surface area contributed by atoms with Crippen LogP contribution in [0.25, 0.3) is 11.0 Å². The first-order valence-electron chi connectivity index (χ1n) is 6.62. The fourth-order valence-corrected chi connectivity index (χ4v) is 2.24. The van der Waals surface area contributed by atoms with Crippen molar-refractivity contribution in [2.24, 2.45) is 0 Å². The second-order valence-corrected chi connectivity index (χ2v) is 4.78. The fraction of sp³-hybridized carbons (Fsp3) is 0.0667. The fourth-order valence-electron chi connectivity index (χ4n) is 2.24. The number of hydrogen-bond donors (Lipinski definition) is 2. The first-order valence-corrected chi connectivity index (χ1v) is 6.62. The van der Waals surface area contributed by atoms with Gasteiger partial charge in [-0.25, -0.2) is 4.98 Å². The highest BCUT2D eigenvalue weighted by molar-refractivity contribution is 6.33. The first-order chi connectivity index (χ1) is 10.7. The topological polar surface area (TPSA) is 91.3 Å². The summed E-state index contributed by atoms with van der Waals surface area (Å²) < 4.78 is 6.71. The maximum Gasteiger partial charge on any atom is 0.707 e. The van der Waals surface area contributed by atoms with Crippen molar-refractivity contribution >= 4 is 18.4 Å². The Kier molecular flexibility index (Phi) is 3.79. The average molecular weight is 293 g/mol. The van der Waals surface area contributed by atoms with E-state index >= 15 is 0 Å². The standard InChI is InChI=1S/C15H12BN3O3/c17-8-12-3-6-14-15(7-12)19(10-18-14)9-11-1-4-13(5-2-11)22-16(20)21/h1-7,10,20-21H,9H2. The zero-order chi connectivity index (χ0) is 15.5. The lowest BCUT2D eigenvalue weighted by molar-refractivity contribution is 0.288. The van der Waals surface area contributed by atoms with E-state index in [4.69, 9.17) is 20.0 Å². The molecule has 0 saturated heterocycles. The number of imidazole rings is 1. The predicted octanol–water partition coefficient (Wildman–Crippen LogP) is 1.30. The molecule has 0 unspecified atom stereocenters. The third-order valence-corrected chi connectivity index (χ3v) is 3.27. The Balaban J connectivity index is 1.85. The number of nitriles is 1. The van der Waals surface area contributed by atoms with Gasteiger partial charge in [0.2, 0.25) is 0 Å². The molecule has 0 fully saturated rings. The molecule has 3 rings (SSSR count). The average Bonchev–Trinajstić information content (AvgIpc) is 2.91. The summed E-state index contributed by atoms with van der Waals surface area (Å²) in [5, 5.41) is 26.5. The second-order valence-electron chi connectivity index (χ2n) is 4.78. The summed E-state index contributed by atoms with van der Waals surface area (Å²) in [4.78, 5) is 4.31. The molecular formula is C15H12BN3O3. The van der Waals surface area contributed by atoms with E-state index in [0.717, 1.165) is 16.6 Å². The van der Waals surface area contributed by atoms with Crippen LogP contribution in [0.5, 0.6) is 5.75 Å². The molecular weight excluding hydrogens is 281 g/mol. The Labute approximate surface area is 127 Å². The quantitative estimate of drug-likeness (QED) is 0.707. The molecule has 0 saturated carbocycles. The molecule has 7 heteroatoms. The molecule has 1 aromatic heterocycles. The lowest BCUT2D eigenvalue weighted by atomic mass is 10.2. The largest absolute Gasteiger partial charge is 0.707 e. The van der Waals surface area contributed by atoms with Crippen LogP contribution in [0.15, 0.2) is 48.8 Å². The van der Waals surface area contributed by atoms with Crippen LogP contribution in [-0.4, -0.2) is 26.9 Å². The van der Waals surface area contributed by atoms with Gasteiger partial charge in [0, 0.05) is 6.54 Å². The molecule has 3 aromatic rings. The Morgan fingerprint density at radius 1 is 1.18 bits per heavy atom. The molecule has 6 nitrogen and oxygen atoms in total. The molecule has 2 aromatic carbocycles. The molecule has 0 bridgehead atoms. The Morgan fingerprint density at radius 2 is 1.95 bits per heavy atom. The van der Waals surface area contributed by atoms with E-state index in [1.54, 1.807) is 24.5 Å². The molecule has 0 aliphatic rings. The van der Waals surface area contributed by atoms with Crippen LogP contribution in [0.3, 0.4) is 0 Å². The Morgan fingerprint density at radius 3 is 2.64 bits per heavy atom. The van der Waals surface area contributed by atoms with E-state index in [2.05, 4.69) is 11.1 Å². The number of rotatable bonds is 4. The van der Waals surface area contributed by atoms with Crippen LogP contribution in [0.2, 0.25) is 0 Å². The van der Waals surface area contributed by atoms with Crippen molar-refractivity contribution in [1.29, 1.82) is 5.26 Å². The number of nitrogens with zero attached hydrogens (tertiary/aromatic N) is 3. The Bertz CT molecular complexity index is 837. The molecule has 0 aliphatic heterocycles. The minimum Gasteiger partial charge on any atom is -0.512 e. The summed E-state index contributed by atoms with van der Waals surface area (Å²) >= 11 is 0. The van der Waals surface area contributed by atoms with Gasteiger partial charge in [-0.05, 0) is 35.9 Å². The summed E-state index contributed by atoms with van der Waals surface area (Å²) in [6.45, 7) is 0.591. The molecule has 1 heterocycles. The third kappa shape index (κ3) is 2.93. The monoisotopic (exact) mass is 293 g/mol. The van der Waals surface area contributed by atoms with Crippen molar-refractivity contribution in [3.8, 4) is 11.8 Å². The molecule has 108 valence electrons. The van der Waals surface area contributed by atoms with Crippen molar-refractivity contribution < 1.29 is 14.7 Å². The van der Waals surface area contributed by atoms with Gasteiger partial charge in [-0.3, -0.25) is 0 Å². The lowest BCUT2D eigenvalue weighted by Crippen LogP contribution is -2.20. The highest BCUT2D eigenvalue weighted by Crippen LogP contribution is 2.18. The van der Waals surface area contributed by atoms with Crippen molar-refractivity contribution in [3.05, 3.63) is 59.9 Å². The molecule has 0 atom stereocenters. The van der Waals surface area contributed by atoms with Gasteiger partial charge in [0.15, 0.2) is 0 Å². The second kappa shape index (κ2) is 5.89. The van der Waals surface area contributed by atoms with Gasteiger partial charge in [-0.15, -0.1) is 0 Å². The summed E-state index contributed by atoms with van der Waals surface area (Å²) in [5.41, 5.74) is 3.32. The van der Waals surface area contributed by atoms with Crippen LogP contribution < -0.4 is 4.65 Å². The van der Waals surface area contributed by atoms with E-state index in [1.807, 2.05) is 28.8 Å². The smallest absolute Gasteiger partial charge is 0.512 e. The minimum absolute atomic E-state index is 0.376. The van der Waals surface area contributed by atoms with Gasteiger partial charge in [0.1, 0.15) is 5.75 Å². The summed E-state index contributed by atoms with van der Waals surface area (Å²) in [6, 6.07) is 14.5. The highest BCUT2D eigenvalue weighted by atomic mass is 16.6. The normalized spacial score (nSPS) is 10.4. The Hall–Kier alpha value is -2.82. The van der Waals surface area contributed by atoms with Crippen LogP contribution in [0.4, 0.5) is 0 Å². The number of fused-ring (bicyclic) bond motifs is 1. The van der Waals surface area contributed by atoms with Crippen molar-refractivity contribution in [3.63, 3.8) is 0 Å². The number of aromatic nitrogens is 2. The number of hydrogen-bond acceptors (Lipinski definition) is 5. The van der Waals surface area contributed by atoms with Gasteiger partial charge in [0.05, 0.1) is 29.0 Å². The van der Waals surface area contributed by atoms with E-state index in [-0.39, 0.29) is 0 Å². The van der Waals surface area contributed by atoms with E-state index < -0.39 is 7.32 Å². The van der Waals surface area contributed by atoms with Gasteiger partial charge < -0.3 is 19.3 Å². The lowest BCUT2D eigenvalue weighted by Gasteiger charge is -2.07. The maximum atomic E-state index is 8.98. The van der Waals surface area contributed by atoms with Gasteiger partial charge in [-0.2, -0.15) is 5.26 Å². The van der Waals surface area contributed by atoms with Crippen molar-refractivity contribution in [1.82, 2.24) is 9.55 Å². The maximum absolute atomic E-state index is 8.98. The van der Waals surface area contributed by atoms with Crippen LogP contribution in [0, 0.1) is 11.3 Å². The molecule has 22 heavy (non-hydrogen) atoms. The molecule has 0 amide bonds. The summed E-state index contributed by atoms with van der Waals surface area (Å²) in [6.07, 6.45) is 1.73. The SMILES string of the molecule is N#Cc1ccc2ncn(Cc3ccc(OB(O)O)cc3)c2c1. The summed E-state index contributed by atoms with van der Waals surface area (Å²) in [7, 11) is -1.83. The van der Waals surface area contributed by atoms with Gasteiger partial charge >= 0.3 is 7.32 Å². The molecule has 0 radical (unpaired) electrons. The van der Waals surface area contributed by atoms with Crippen LogP contribution in [0.1, 0.15) is 11.1 Å². The van der Waals surface area contributed by atoms with Gasteiger partial charge in [-0.1, -0.05) is 12.1 Å². The predicted molar refractivity (Wildman–Crippen MR) is 80.8 cm³/mol.